The van der Waals surface area contributed by atoms with Crippen LogP contribution in [0.4, 0.5) is 9.18 Å². The molecule has 1 saturated heterocycles. The maximum atomic E-state index is 13.8. The first kappa shape index (κ1) is 21.1. The van der Waals surface area contributed by atoms with Crippen LogP contribution in [-0.4, -0.2) is 52.7 Å². The van der Waals surface area contributed by atoms with E-state index in [9.17, 15) is 9.18 Å². The van der Waals surface area contributed by atoms with Gasteiger partial charge < -0.3 is 24.7 Å². The van der Waals surface area contributed by atoms with E-state index in [1.165, 1.54) is 6.07 Å². The monoisotopic (exact) mass is 449 g/mol. The maximum absolute atomic E-state index is 13.8. The van der Waals surface area contributed by atoms with E-state index in [4.69, 9.17) is 9.47 Å². The molecule has 1 fully saturated rings. The van der Waals surface area contributed by atoms with Gasteiger partial charge in [0.1, 0.15) is 23.2 Å². The predicted octanol–water partition coefficient (Wildman–Crippen LogP) is 3.93. The summed E-state index contributed by atoms with van der Waals surface area (Å²) in [5.41, 5.74) is 2.78. The number of benzene rings is 2. The highest BCUT2D eigenvalue weighted by molar-refractivity contribution is 5.84. The molecule has 0 aliphatic carbocycles. The Morgan fingerprint density at radius 1 is 1.30 bits per heavy atom. The van der Waals surface area contributed by atoms with Crippen molar-refractivity contribution in [2.24, 2.45) is 0 Å². The molecule has 5 rings (SSSR count). The summed E-state index contributed by atoms with van der Waals surface area (Å²) in [5, 5.41) is 4.20. The quantitative estimate of drug-likeness (QED) is 0.396. The number of rotatable bonds is 8. The van der Waals surface area contributed by atoms with E-state index >= 15 is 0 Å². The lowest BCUT2D eigenvalue weighted by atomic mass is 10.0. The number of nitrogens with one attached hydrogen (secondary N) is 2. The van der Waals surface area contributed by atoms with Crippen molar-refractivity contribution in [1.82, 2.24) is 25.2 Å². The van der Waals surface area contributed by atoms with E-state index in [0.29, 0.717) is 43.0 Å². The highest BCUT2D eigenvalue weighted by Gasteiger charge is 2.32. The molecule has 2 N–H and O–H groups in total. The lowest BCUT2D eigenvalue weighted by Crippen LogP contribution is -2.28. The van der Waals surface area contributed by atoms with Gasteiger partial charge >= 0.3 is 6.09 Å². The molecule has 1 amide bonds. The first-order valence-corrected chi connectivity index (χ1v) is 10.8. The normalized spacial score (nSPS) is 16.0. The number of para-hydroxylation sites is 1. The molecule has 1 aliphatic heterocycles. The largest absolute Gasteiger partial charge is 0.497 e. The van der Waals surface area contributed by atoms with Crippen molar-refractivity contribution in [3.63, 3.8) is 0 Å². The summed E-state index contributed by atoms with van der Waals surface area (Å²) < 4.78 is 24.8. The van der Waals surface area contributed by atoms with Gasteiger partial charge in [0.25, 0.3) is 0 Å². The van der Waals surface area contributed by atoms with Gasteiger partial charge in [-0.25, -0.2) is 14.2 Å². The second-order valence-corrected chi connectivity index (χ2v) is 7.95. The topological polar surface area (TPSA) is 92.4 Å². The molecular weight excluding hydrogens is 425 g/mol. The average molecular weight is 449 g/mol. The Bertz CT molecular complexity index is 1310. The summed E-state index contributed by atoms with van der Waals surface area (Å²) in [4.78, 5) is 25.9. The van der Waals surface area contributed by atoms with Crippen LogP contribution in [0.25, 0.3) is 21.9 Å². The number of carbonyl (C=O) groups is 1. The average Bonchev–Trinajstić information content (AvgIpc) is 3.42. The van der Waals surface area contributed by atoms with Crippen LogP contribution >= 0.6 is 0 Å². The maximum Gasteiger partial charge on any atom is 0.410 e. The summed E-state index contributed by atoms with van der Waals surface area (Å²) in [6, 6.07) is 12.4. The van der Waals surface area contributed by atoms with Crippen molar-refractivity contribution in [2.45, 2.75) is 19.1 Å². The van der Waals surface area contributed by atoms with Gasteiger partial charge in [0.15, 0.2) is 5.82 Å². The third-order valence-corrected chi connectivity index (χ3v) is 5.80. The number of cyclic esters (lactones) is 1. The molecule has 0 bridgehead atoms. The van der Waals surface area contributed by atoms with Crippen molar-refractivity contribution >= 4 is 28.0 Å². The zero-order valence-corrected chi connectivity index (χ0v) is 18.2. The molecule has 0 radical (unpaired) electrons. The van der Waals surface area contributed by atoms with E-state index in [1.807, 2.05) is 24.3 Å². The molecule has 0 spiro atoms. The lowest BCUT2D eigenvalue weighted by molar-refractivity contribution is 0.133. The second kappa shape index (κ2) is 9.03. The number of aromatic amines is 1. The molecule has 33 heavy (non-hydrogen) atoms. The van der Waals surface area contributed by atoms with E-state index in [1.54, 1.807) is 30.3 Å². The van der Waals surface area contributed by atoms with Gasteiger partial charge in [-0.2, -0.15) is 0 Å². The first-order chi connectivity index (χ1) is 16.1. The van der Waals surface area contributed by atoms with Crippen molar-refractivity contribution < 1.29 is 18.7 Å². The Morgan fingerprint density at radius 2 is 2.21 bits per heavy atom. The minimum absolute atomic E-state index is 0.319. The molecule has 3 heterocycles. The molecule has 0 saturated carbocycles. The number of amides is 1. The molecule has 2 aromatic heterocycles. The van der Waals surface area contributed by atoms with Gasteiger partial charge in [0.05, 0.1) is 31.2 Å². The fourth-order valence-corrected chi connectivity index (χ4v) is 4.14. The van der Waals surface area contributed by atoms with Crippen LogP contribution in [0.1, 0.15) is 23.9 Å². The summed E-state index contributed by atoms with van der Waals surface area (Å²) in [6.07, 6.45) is 1.81. The molecule has 4 aromatic rings. The van der Waals surface area contributed by atoms with Crippen LogP contribution in [0.15, 0.2) is 48.7 Å². The van der Waals surface area contributed by atoms with Crippen LogP contribution in [0.5, 0.6) is 5.75 Å². The predicted molar refractivity (Wildman–Crippen MR) is 121 cm³/mol. The number of fused-ring (bicyclic) bond motifs is 2. The summed E-state index contributed by atoms with van der Waals surface area (Å²) in [6.45, 7) is 2.23. The number of halogens is 1. The van der Waals surface area contributed by atoms with E-state index in [2.05, 4.69) is 20.3 Å². The molecule has 1 unspecified atom stereocenters. The van der Waals surface area contributed by atoms with Gasteiger partial charge in [-0.3, -0.25) is 4.98 Å². The second-order valence-electron chi connectivity index (χ2n) is 7.95. The Hall–Kier alpha value is -3.72. The molecule has 2 aromatic carbocycles. The highest BCUT2D eigenvalue weighted by Crippen LogP contribution is 2.32. The minimum Gasteiger partial charge on any atom is -0.497 e. The highest BCUT2D eigenvalue weighted by atomic mass is 19.1. The van der Waals surface area contributed by atoms with Gasteiger partial charge in [-0.15, -0.1) is 0 Å². The Balaban J connectivity index is 1.15. The van der Waals surface area contributed by atoms with Crippen LogP contribution in [0.3, 0.4) is 0 Å². The number of ether oxygens (including phenoxy) is 2. The summed E-state index contributed by atoms with van der Waals surface area (Å²) >= 11 is 0. The number of hydrogen-bond acceptors (Lipinski definition) is 6. The number of carbonyl (C=O) groups excluding carboxylic acids is 1. The van der Waals surface area contributed by atoms with Gasteiger partial charge in [0, 0.05) is 23.7 Å². The van der Waals surface area contributed by atoms with E-state index in [-0.39, 0.29) is 18.0 Å². The lowest BCUT2D eigenvalue weighted by Gasteiger charge is -2.14. The van der Waals surface area contributed by atoms with Gasteiger partial charge in [-0.1, -0.05) is 6.07 Å². The number of aromatic nitrogens is 3. The molecule has 1 aliphatic rings. The third kappa shape index (κ3) is 4.31. The van der Waals surface area contributed by atoms with E-state index < -0.39 is 0 Å². The first-order valence-electron chi connectivity index (χ1n) is 10.8. The molecular formula is C24H24FN5O3. The SMILES string of the molecule is COc1ccc2nccc(C3CN(CCCNCc4nc5c(F)cccc5[nH]4)C(=O)O3)c2c1. The van der Waals surface area contributed by atoms with Crippen LogP contribution in [0, 0.1) is 5.82 Å². The van der Waals surface area contributed by atoms with Crippen molar-refractivity contribution in [1.29, 1.82) is 0 Å². The Kier molecular flexibility index (Phi) is 5.78. The Labute approximate surface area is 189 Å². The summed E-state index contributed by atoms with van der Waals surface area (Å²) in [5.74, 6) is 1.07. The molecule has 1 atom stereocenters. The van der Waals surface area contributed by atoms with Crippen LogP contribution in [0.2, 0.25) is 0 Å². The third-order valence-electron chi connectivity index (χ3n) is 5.80. The minimum atomic E-state index is -0.353. The zero-order chi connectivity index (χ0) is 22.8. The van der Waals surface area contributed by atoms with E-state index in [0.717, 1.165) is 28.6 Å². The standard InChI is InChI=1S/C24H24FN5O3/c1-32-15-6-7-19-17(12-15)16(8-10-27-19)21-14-30(24(31)33-21)11-3-9-26-13-22-28-20-5-2-4-18(25)23(20)29-22/h2,4-8,10,12,21,26H,3,9,11,13-14H2,1H3,(H,28,29). The fourth-order valence-electron chi connectivity index (χ4n) is 4.14. The van der Waals surface area contributed by atoms with Crippen molar-refractivity contribution in [2.75, 3.05) is 26.7 Å². The molecule has 170 valence electrons. The van der Waals surface area contributed by atoms with Gasteiger partial charge in [0.2, 0.25) is 0 Å². The number of imidazole rings is 1. The van der Waals surface area contributed by atoms with Crippen LogP contribution in [-0.2, 0) is 11.3 Å². The number of hydrogen-bond donors (Lipinski definition) is 2. The van der Waals surface area contributed by atoms with Crippen molar-refractivity contribution in [3.8, 4) is 5.75 Å². The fraction of sp³-hybridized carbons (Fsp3) is 0.292. The smallest absolute Gasteiger partial charge is 0.410 e. The number of H-pyrrole nitrogens is 1. The number of pyridine rings is 1. The summed E-state index contributed by atoms with van der Waals surface area (Å²) in [7, 11) is 1.62. The molecule has 9 heteroatoms. The molecule has 8 nitrogen and oxygen atoms in total. The Morgan fingerprint density at radius 3 is 3.06 bits per heavy atom. The number of methoxy groups -OCH3 is 1. The van der Waals surface area contributed by atoms with Crippen molar-refractivity contribution in [3.05, 3.63) is 65.9 Å². The van der Waals surface area contributed by atoms with Crippen LogP contribution < -0.4 is 10.1 Å². The zero-order valence-electron chi connectivity index (χ0n) is 18.2. The number of nitrogens with zero attached hydrogens (tertiary/aromatic N) is 3. The van der Waals surface area contributed by atoms with Gasteiger partial charge in [-0.05, 0) is 49.4 Å².